The summed E-state index contributed by atoms with van der Waals surface area (Å²) in [6.07, 6.45) is 4.83. The quantitative estimate of drug-likeness (QED) is 0.480. The molecule has 1 aliphatic rings. The van der Waals surface area contributed by atoms with E-state index in [1.54, 1.807) is 31.2 Å². The van der Waals surface area contributed by atoms with Crippen LogP contribution in [-0.2, 0) is 4.74 Å². The number of hydrogen-bond acceptors (Lipinski definition) is 4. The van der Waals surface area contributed by atoms with E-state index < -0.39 is 30.3 Å². The third kappa shape index (κ3) is 3.51. The predicted octanol–water partition coefficient (Wildman–Crippen LogP) is 0.402. The molecule has 0 aromatic heterocycles. The number of allylic oxidation sites excluding steroid dienone is 3. The molecule has 4 nitrogen and oxygen atoms in total. The van der Waals surface area contributed by atoms with Crippen LogP contribution in [0, 0.1) is 5.92 Å². The molecule has 1 saturated heterocycles. The molecular formula is C13H20O4. The summed E-state index contributed by atoms with van der Waals surface area (Å²) >= 11 is 0. The Labute approximate surface area is 102 Å². The van der Waals surface area contributed by atoms with Gasteiger partial charge in [-0.2, -0.15) is 0 Å². The van der Waals surface area contributed by atoms with Gasteiger partial charge >= 0.3 is 0 Å². The van der Waals surface area contributed by atoms with E-state index in [1.807, 2.05) is 0 Å². The molecule has 1 heterocycles. The zero-order valence-corrected chi connectivity index (χ0v) is 9.94. The van der Waals surface area contributed by atoms with Crippen LogP contribution in [0.5, 0.6) is 0 Å². The molecule has 3 N–H and O–H groups in total. The molecule has 0 radical (unpaired) electrons. The maximum absolute atomic E-state index is 9.96. The summed E-state index contributed by atoms with van der Waals surface area (Å²) in [5.74, 6) is -0.485. The first-order valence-electron chi connectivity index (χ1n) is 5.69. The Morgan fingerprint density at radius 3 is 2.71 bits per heavy atom. The fourth-order valence-corrected chi connectivity index (χ4v) is 1.89. The lowest BCUT2D eigenvalue weighted by atomic mass is 9.92. The zero-order valence-electron chi connectivity index (χ0n) is 9.94. The summed E-state index contributed by atoms with van der Waals surface area (Å²) in [5, 5.41) is 29.5. The lowest BCUT2D eigenvalue weighted by Gasteiger charge is -2.23. The molecule has 0 bridgehead atoms. The summed E-state index contributed by atoms with van der Waals surface area (Å²) in [7, 11) is 0. The number of aliphatic hydroxyl groups excluding tert-OH is 3. The molecule has 0 aromatic carbocycles. The van der Waals surface area contributed by atoms with Gasteiger partial charge in [0.25, 0.3) is 0 Å². The van der Waals surface area contributed by atoms with Gasteiger partial charge in [0, 0.05) is 5.92 Å². The molecule has 0 aliphatic carbocycles. The molecule has 17 heavy (non-hydrogen) atoms. The number of hydrogen-bond donors (Lipinski definition) is 3. The molecule has 5 atom stereocenters. The van der Waals surface area contributed by atoms with Gasteiger partial charge in [0.05, 0.1) is 24.9 Å². The normalized spacial score (nSPS) is 33.3. The van der Waals surface area contributed by atoms with Crippen LogP contribution in [0.15, 0.2) is 37.0 Å². The van der Waals surface area contributed by atoms with Gasteiger partial charge in [-0.15, -0.1) is 0 Å². The van der Waals surface area contributed by atoms with Crippen molar-refractivity contribution >= 4 is 0 Å². The van der Waals surface area contributed by atoms with Gasteiger partial charge in [-0.1, -0.05) is 37.0 Å². The fraction of sp³-hybridized carbons (Fsp3) is 0.538. The zero-order chi connectivity index (χ0) is 12.8. The first kappa shape index (κ1) is 14.1. The first-order valence-corrected chi connectivity index (χ1v) is 5.69. The summed E-state index contributed by atoms with van der Waals surface area (Å²) in [6.45, 7) is 5.51. The van der Waals surface area contributed by atoms with E-state index in [4.69, 9.17) is 4.74 Å². The largest absolute Gasteiger partial charge is 0.390 e. The summed E-state index contributed by atoms with van der Waals surface area (Å²) in [4.78, 5) is 0. The van der Waals surface area contributed by atoms with E-state index in [-0.39, 0.29) is 6.61 Å². The number of rotatable bonds is 5. The van der Waals surface area contributed by atoms with Crippen LogP contribution in [0.2, 0.25) is 0 Å². The third-order valence-electron chi connectivity index (χ3n) is 2.87. The minimum absolute atomic E-state index is 0.225. The van der Waals surface area contributed by atoms with Gasteiger partial charge in [0.2, 0.25) is 0 Å². The molecule has 1 fully saturated rings. The summed E-state index contributed by atoms with van der Waals surface area (Å²) < 4.78 is 5.35. The highest BCUT2D eigenvalue weighted by molar-refractivity contribution is 5.07. The van der Waals surface area contributed by atoms with E-state index in [2.05, 4.69) is 6.58 Å². The Hall–Kier alpha value is -0.940. The van der Waals surface area contributed by atoms with Crippen LogP contribution < -0.4 is 0 Å². The molecular weight excluding hydrogens is 220 g/mol. The molecule has 1 rings (SSSR count). The van der Waals surface area contributed by atoms with Crippen LogP contribution in [0.1, 0.15) is 6.92 Å². The van der Waals surface area contributed by atoms with Crippen LogP contribution in [0.4, 0.5) is 0 Å². The monoisotopic (exact) mass is 240 g/mol. The van der Waals surface area contributed by atoms with E-state index in [0.717, 1.165) is 0 Å². The Balaban J connectivity index is 2.62. The Morgan fingerprint density at radius 2 is 2.12 bits per heavy atom. The minimum atomic E-state index is -1.02. The second kappa shape index (κ2) is 6.71. The fourth-order valence-electron chi connectivity index (χ4n) is 1.89. The van der Waals surface area contributed by atoms with Crippen molar-refractivity contribution in [3.63, 3.8) is 0 Å². The van der Waals surface area contributed by atoms with E-state index in [1.165, 1.54) is 6.08 Å². The Morgan fingerprint density at radius 1 is 1.41 bits per heavy atom. The average molecular weight is 240 g/mol. The molecule has 96 valence electrons. The standard InChI is InChI=1S/C13H20O4/c1-3-5-7-11-13(16)9(8-17-11)12(15)10(14)6-4-2/h3-7,9-16H,1,8H2,2H3. The Kier molecular flexibility index (Phi) is 5.58. The molecule has 0 amide bonds. The van der Waals surface area contributed by atoms with Gasteiger partial charge in [-0.05, 0) is 6.92 Å². The summed E-state index contributed by atoms with van der Waals surface area (Å²) in [6, 6.07) is 0. The second-order valence-electron chi connectivity index (χ2n) is 4.08. The maximum atomic E-state index is 9.96. The van der Waals surface area contributed by atoms with Crippen molar-refractivity contribution in [3.8, 4) is 0 Å². The van der Waals surface area contributed by atoms with Crippen LogP contribution in [-0.4, -0.2) is 46.3 Å². The third-order valence-corrected chi connectivity index (χ3v) is 2.87. The molecule has 0 saturated carbocycles. The topological polar surface area (TPSA) is 69.9 Å². The lowest BCUT2D eigenvalue weighted by molar-refractivity contribution is -0.0252. The van der Waals surface area contributed by atoms with E-state index >= 15 is 0 Å². The smallest absolute Gasteiger partial charge is 0.102 e. The summed E-state index contributed by atoms with van der Waals surface area (Å²) in [5.41, 5.74) is 0. The molecule has 0 spiro atoms. The van der Waals surface area contributed by atoms with Crippen molar-refractivity contribution in [1.29, 1.82) is 0 Å². The highest BCUT2D eigenvalue weighted by Gasteiger charge is 2.40. The molecule has 4 heteroatoms. The SMILES string of the molecule is C=CC=CC1OCC(C(O)C(O)C=CC)C1O. The molecule has 1 aliphatic heterocycles. The van der Waals surface area contributed by atoms with E-state index in [9.17, 15) is 15.3 Å². The van der Waals surface area contributed by atoms with Crippen molar-refractivity contribution in [2.75, 3.05) is 6.61 Å². The predicted molar refractivity (Wildman–Crippen MR) is 65.4 cm³/mol. The lowest BCUT2D eigenvalue weighted by Crippen LogP contribution is -2.39. The van der Waals surface area contributed by atoms with Crippen molar-refractivity contribution in [2.24, 2.45) is 5.92 Å². The van der Waals surface area contributed by atoms with Crippen LogP contribution >= 0.6 is 0 Å². The second-order valence-corrected chi connectivity index (χ2v) is 4.08. The highest BCUT2D eigenvalue weighted by Crippen LogP contribution is 2.26. The van der Waals surface area contributed by atoms with Crippen molar-refractivity contribution in [1.82, 2.24) is 0 Å². The first-order chi connectivity index (χ1) is 8.11. The van der Waals surface area contributed by atoms with Crippen LogP contribution in [0.25, 0.3) is 0 Å². The average Bonchev–Trinajstić information content (AvgIpc) is 2.67. The molecule has 5 unspecified atom stereocenters. The van der Waals surface area contributed by atoms with Crippen molar-refractivity contribution < 1.29 is 20.1 Å². The van der Waals surface area contributed by atoms with Gasteiger partial charge in [-0.3, -0.25) is 0 Å². The van der Waals surface area contributed by atoms with Crippen molar-refractivity contribution in [3.05, 3.63) is 37.0 Å². The highest BCUT2D eigenvalue weighted by atomic mass is 16.5. The maximum Gasteiger partial charge on any atom is 0.102 e. The van der Waals surface area contributed by atoms with Gasteiger partial charge < -0.3 is 20.1 Å². The Bertz CT molecular complexity index is 298. The van der Waals surface area contributed by atoms with Gasteiger partial charge in [0.1, 0.15) is 6.10 Å². The number of aliphatic hydroxyl groups is 3. The molecule has 0 aromatic rings. The van der Waals surface area contributed by atoms with Gasteiger partial charge in [0.15, 0.2) is 0 Å². The van der Waals surface area contributed by atoms with Crippen LogP contribution in [0.3, 0.4) is 0 Å². The minimum Gasteiger partial charge on any atom is -0.390 e. The van der Waals surface area contributed by atoms with E-state index in [0.29, 0.717) is 0 Å². The number of ether oxygens (including phenoxy) is 1. The van der Waals surface area contributed by atoms with Crippen molar-refractivity contribution in [2.45, 2.75) is 31.3 Å². The van der Waals surface area contributed by atoms with Gasteiger partial charge in [-0.25, -0.2) is 0 Å².